The van der Waals surface area contributed by atoms with Crippen molar-refractivity contribution in [3.05, 3.63) is 64.1 Å². The van der Waals surface area contributed by atoms with Gasteiger partial charge in [-0.25, -0.2) is 14.7 Å². The molecule has 0 saturated carbocycles. The zero-order valence-corrected chi connectivity index (χ0v) is 19.0. The lowest BCUT2D eigenvalue weighted by Crippen LogP contribution is -2.50. The predicted molar refractivity (Wildman–Crippen MR) is 112 cm³/mol. The maximum absolute atomic E-state index is 14.4. The zero-order chi connectivity index (χ0) is 26.8. The fraction of sp³-hybridized carbons (Fsp3) is 0.364. The highest BCUT2D eigenvalue weighted by Crippen LogP contribution is 2.53. The van der Waals surface area contributed by atoms with E-state index in [-0.39, 0.29) is 40.2 Å². The van der Waals surface area contributed by atoms with Gasteiger partial charge in [-0.3, -0.25) is 4.98 Å². The van der Waals surface area contributed by atoms with Gasteiger partial charge < -0.3 is 10.1 Å². The molecule has 0 bridgehead atoms. The Morgan fingerprint density at radius 1 is 1.06 bits per heavy atom. The molecule has 6 nitrogen and oxygen atoms in total. The zero-order valence-electron chi connectivity index (χ0n) is 19.0. The SMILES string of the molecule is CCOC(=O)c1cc(/C(=C/Nc2c(C)cc(C(F)(C(F)(F)F)C(F)(F)F)cc2C)N=N)cnc1C. The van der Waals surface area contributed by atoms with Crippen LogP contribution in [0.15, 0.2) is 35.7 Å². The Kier molecular flexibility index (Phi) is 7.92. The first kappa shape index (κ1) is 27.7. The smallest absolute Gasteiger partial charge is 0.435 e. The number of benzene rings is 1. The predicted octanol–water partition coefficient (Wildman–Crippen LogP) is 6.91. The van der Waals surface area contributed by atoms with Crippen molar-refractivity contribution in [1.29, 1.82) is 5.53 Å². The lowest BCUT2D eigenvalue weighted by Gasteiger charge is -2.31. The van der Waals surface area contributed by atoms with Crippen molar-refractivity contribution in [1.82, 2.24) is 4.98 Å². The molecule has 0 aliphatic heterocycles. The van der Waals surface area contributed by atoms with Crippen LogP contribution < -0.4 is 5.32 Å². The molecular formula is C22H21F7N4O2. The largest absolute Gasteiger partial charge is 0.462 e. The summed E-state index contributed by atoms with van der Waals surface area (Å²) in [4.78, 5) is 16.1. The third-order valence-corrected chi connectivity index (χ3v) is 5.06. The van der Waals surface area contributed by atoms with Crippen LogP contribution in [0.25, 0.3) is 5.70 Å². The van der Waals surface area contributed by atoms with Gasteiger partial charge in [0.15, 0.2) is 0 Å². The molecule has 13 heteroatoms. The summed E-state index contributed by atoms with van der Waals surface area (Å²) in [5.74, 6) is -0.650. The highest BCUT2D eigenvalue weighted by atomic mass is 19.4. The maximum Gasteiger partial charge on any atom is 0.435 e. The van der Waals surface area contributed by atoms with Crippen LogP contribution in [0, 0.1) is 26.3 Å². The van der Waals surface area contributed by atoms with Crippen LogP contribution in [0.4, 0.5) is 36.4 Å². The number of esters is 1. The molecular weight excluding hydrogens is 485 g/mol. The van der Waals surface area contributed by atoms with Gasteiger partial charge in [-0.1, -0.05) is 12.1 Å². The second-order valence-electron chi connectivity index (χ2n) is 7.50. The summed E-state index contributed by atoms with van der Waals surface area (Å²) < 4.78 is 98.1. The Labute approximate surface area is 195 Å². The average molecular weight is 506 g/mol. The number of carbonyl (C=O) groups excluding carboxylic acids is 1. The van der Waals surface area contributed by atoms with Gasteiger partial charge >= 0.3 is 24.0 Å². The molecule has 1 aromatic carbocycles. The van der Waals surface area contributed by atoms with E-state index >= 15 is 0 Å². The monoisotopic (exact) mass is 506 g/mol. The molecule has 0 aliphatic rings. The Balaban J connectivity index is 2.49. The number of hydrogen-bond donors (Lipinski definition) is 2. The van der Waals surface area contributed by atoms with Crippen molar-refractivity contribution < 1.29 is 40.3 Å². The van der Waals surface area contributed by atoms with Gasteiger partial charge in [0.2, 0.25) is 0 Å². The minimum Gasteiger partial charge on any atom is -0.462 e. The summed E-state index contributed by atoms with van der Waals surface area (Å²) in [7, 11) is 0. The standard InChI is InChI=1S/C22H21F7N4O2/c1-5-35-19(34)16-8-14(9-31-13(16)4)17(33-30)10-32-18-11(2)6-15(7-12(18)3)20(23,21(24,25)26)22(27,28)29/h6-10,30,32H,5H2,1-4H3/b17-10-,33-30?. The molecule has 2 aromatic rings. The first-order valence-electron chi connectivity index (χ1n) is 10.0. The third kappa shape index (κ3) is 5.43. The Morgan fingerprint density at radius 2 is 1.60 bits per heavy atom. The van der Waals surface area contributed by atoms with Gasteiger partial charge in [-0.2, -0.15) is 31.5 Å². The molecule has 0 unspecified atom stereocenters. The summed E-state index contributed by atoms with van der Waals surface area (Å²) in [5.41, 5.74) is 0.721. The summed E-state index contributed by atoms with van der Waals surface area (Å²) in [6, 6.07) is 2.28. The van der Waals surface area contributed by atoms with E-state index in [9.17, 15) is 35.5 Å². The van der Waals surface area contributed by atoms with E-state index in [0.29, 0.717) is 17.8 Å². The number of ether oxygens (including phenoxy) is 1. The summed E-state index contributed by atoms with van der Waals surface area (Å²) in [6.07, 6.45) is -9.99. The molecule has 0 radical (unpaired) electrons. The fourth-order valence-electron chi connectivity index (χ4n) is 3.29. The number of anilines is 1. The van der Waals surface area contributed by atoms with Crippen molar-refractivity contribution in [2.45, 2.75) is 45.7 Å². The fourth-order valence-corrected chi connectivity index (χ4v) is 3.29. The quantitative estimate of drug-likeness (QED) is 0.243. The van der Waals surface area contributed by atoms with Gasteiger partial charge in [0, 0.05) is 29.2 Å². The maximum atomic E-state index is 14.4. The third-order valence-electron chi connectivity index (χ3n) is 5.06. The molecule has 0 saturated heterocycles. The first-order valence-corrected chi connectivity index (χ1v) is 10.0. The molecule has 1 heterocycles. The summed E-state index contributed by atoms with van der Waals surface area (Å²) in [6.45, 7) is 5.70. The van der Waals surface area contributed by atoms with Crippen LogP contribution in [0.3, 0.4) is 0 Å². The Bertz CT molecular complexity index is 1120. The number of nitrogens with one attached hydrogen (secondary N) is 2. The highest BCUT2D eigenvalue weighted by molar-refractivity contribution is 5.91. The normalized spacial score (nSPS) is 12.9. The van der Waals surface area contributed by atoms with E-state index in [1.54, 1.807) is 13.8 Å². The molecule has 0 spiro atoms. The number of alkyl halides is 7. The van der Waals surface area contributed by atoms with Crippen LogP contribution in [0.5, 0.6) is 0 Å². The van der Waals surface area contributed by atoms with Crippen molar-refractivity contribution in [2.24, 2.45) is 5.11 Å². The molecule has 0 amide bonds. The summed E-state index contributed by atoms with van der Waals surface area (Å²) >= 11 is 0. The molecule has 0 atom stereocenters. The second kappa shape index (κ2) is 10.0. The van der Waals surface area contributed by atoms with Gasteiger partial charge in [0.05, 0.1) is 17.9 Å². The lowest BCUT2D eigenvalue weighted by atomic mass is 9.90. The summed E-state index contributed by atoms with van der Waals surface area (Å²) in [5, 5.41) is 6.00. The topological polar surface area (TPSA) is 87.4 Å². The number of hydrogen-bond acceptors (Lipinski definition) is 6. The lowest BCUT2D eigenvalue weighted by molar-refractivity contribution is -0.348. The number of aryl methyl sites for hydroxylation is 3. The van der Waals surface area contributed by atoms with E-state index in [2.05, 4.69) is 15.4 Å². The van der Waals surface area contributed by atoms with E-state index < -0.39 is 29.6 Å². The van der Waals surface area contributed by atoms with Crippen molar-refractivity contribution >= 4 is 17.4 Å². The van der Waals surface area contributed by atoms with Gasteiger partial charge in [0.25, 0.3) is 0 Å². The molecule has 2 N–H and O–H groups in total. The van der Waals surface area contributed by atoms with Crippen LogP contribution >= 0.6 is 0 Å². The van der Waals surface area contributed by atoms with E-state index in [0.717, 1.165) is 6.20 Å². The second-order valence-corrected chi connectivity index (χ2v) is 7.50. The van der Waals surface area contributed by atoms with Crippen LogP contribution in [-0.4, -0.2) is 29.9 Å². The molecule has 1 aromatic heterocycles. The number of rotatable bonds is 7. The number of aromatic nitrogens is 1. The van der Waals surface area contributed by atoms with Gasteiger partial charge in [-0.05, 0) is 44.9 Å². The van der Waals surface area contributed by atoms with Crippen molar-refractivity contribution in [2.75, 3.05) is 11.9 Å². The number of halogens is 7. The molecule has 190 valence electrons. The van der Waals surface area contributed by atoms with Gasteiger partial charge in [0.1, 0.15) is 5.70 Å². The molecule has 0 aliphatic carbocycles. The minimum absolute atomic E-state index is 0.0589. The van der Waals surface area contributed by atoms with Crippen LogP contribution in [0.2, 0.25) is 0 Å². The highest BCUT2D eigenvalue weighted by Gasteiger charge is 2.73. The van der Waals surface area contributed by atoms with Crippen LogP contribution in [0.1, 0.15) is 45.2 Å². The number of nitrogens with zero attached hydrogens (tertiary/aromatic N) is 2. The Hall–Kier alpha value is -3.51. The first-order chi connectivity index (χ1) is 16.1. The van der Waals surface area contributed by atoms with Crippen molar-refractivity contribution in [3.8, 4) is 0 Å². The number of carbonyl (C=O) groups is 1. The van der Waals surface area contributed by atoms with E-state index in [1.165, 1.54) is 26.1 Å². The number of pyridine rings is 1. The molecule has 35 heavy (non-hydrogen) atoms. The molecule has 0 fully saturated rings. The van der Waals surface area contributed by atoms with E-state index in [4.69, 9.17) is 10.3 Å². The minimum atomic E-state index is -6.23. The molecule has 2 rings (SSSR count). The van der Waals surface area contributed by atoms with Crippen LogP contribution in [-0.2, 0) is 10.4 Å². The van der Waals surface area contributed by atoms with Gasteiger partial charge in [-0.15, -0.1) is 0 Å². The van der Waals surface area contributed by atoms with Crippen molar-refractivity contribution in [3.63, 3.8) is 0 Å². The average Bonchev–Trinajstić information content (AvgIpc) is 2.74. The Morgan fingerprint density at radius 3 is 2.06 bits per heavy atom. The van der Waals surface area contributed by atoms with E-state index in [1.807, 2.05) is 0 Å².